The molecule has 1 aromatic heterocycles. The topological polar surface area (TPSA) is 59.0 Å². The fourth-order valence-corrected chi connectivity index (χ4v) is 3.77. The van der Waals surface area contributed by atoms with E-state index in [9.17, 15) is 18.0 Å². The zero-order chi connectivity index (χ0) is 16.3. The molecule has 1 saturated carbocycles. The van der Waals surface area contributed by atoms with Crippen LogP contribution in [0.15, 0.2) is 0 Å². The molecule has 1 aliphatic carbocycles. The van der Waals surface area contributed by atoms with E-state index in [4.69, 9.17) is 0 Å². The van der Waals surface area contributed by atoms with Crippen LogP contribution in [-0.4, -0.2) is 41.5 Å². The molecule has 1 aliphatic heterocycles. The van der Waals surface area contributed by atoms with Crippen molar-refractivity contribution in [2.24, 2.45) is 17.9 Å². The first-order chi connectivity index (χ1) is 10.1. The number of hydrogen-bond donors (Lipinski definition) is 2. The number of alkyl halides is 3. The van der Waals surface area contributed by atoms with Crippen LogP contribution in [0, 0.1) is 24.7 Å². The van der Waals surface area contributed by atoms with Crippen molar-refractivity contribution in [3.05, 3.63) is 17.0 Å². The zero-order valence-corrected chi connectivity index (χ0v) is 12.8. The maximum atomic E-state index is 13.2. The van der Waals surface area contributed by atoms with E-state index in [2.05, 4.69) is 15.7 Å². The minimum Gasteiger partial charge on any atom is -0.351 e. The standard InChI is InChI=1S/C14H19F3N4O/c1-8-10(9(2)21(3)20-8)11(22)19-6-12-4-13(12,7-18-5-12)14(15,16)17/h18H,4-7H2,1-3H3,(H,19,22)/t12-,13-/m1/s1. The highest BCUT2D eigenvalue weighted by Crippen LogP contribution is 2.72. The van der Waals surface area contributed by atoms with E-state index in [0.29, 0.717) is 17.0 Å². The molecule has 2 atom stereocenters. The molecule has 122 valence electrons. The van der Waals surface area contributed by atoms with Crippen LogP contribution in [-0.2, 0) is 7.05 Å². The summed E-state index contributed by atoms with van der Waals surface area (Å²) in [5.74, 6) is -0.354. The van der Waals surface area contributed by atoms with Crippen molar-refractivity contribution in [2.75, 3.05) is 19.6 Å². The minimum atomic E-state index is -4.23. The number of aromatic nitrogens is 2. The van der Waals surface area contributed by atoms with Crippen molar-refractivity contribution in [2.45, 2.75) is 26.4 Å². The van der Waals surface area contributed by atoms with Crippen molar-refractivity contribution >= 4 is 5.91 Å². The van der Waals surface area contributed by atoms with Gasteiger partial charge in [-0.25, -0.2) is 0 Å². The Balaban J connectivity index is 1.73. The molecule has 2 N–H and O–H groups in total. The molecule has 0 spiro atoms. The Morgan fingerprint density at radius 1 is 1.41 bits per heavy atom. The number of aryl methyl sites for hydroxylation is 2. The Morgan fingerprint density at radius 3 is 2.59 bits per heavy atom. The zero-order valence-electron chi connectivity index (χ0n) is 12.8. The quantitative estimate of drug-likeness (QED) is 0.884. The van der Waals surface area contributed by atoms with Crippen molar-refractivity contribution in [3.8, 4) is 0 Å². The van der Waals surface area contributed by atoms with Gasteiger partial charge in [0, 0.05) is 37.8 Å². The lowest BCUT2D eigenvalue weighted by molar-refractivity contribution is -0.190. The number of hydrogen-bond acceptors (Lipinski definition) is 3. The number of halogens is 3. The van der Waals surface area contributed by atoms with Crippen molar-refractivity contribution in [3.63, 3.8) is 0 Å². The summed E-state index contributed by atoms with van der Waals surface area (Å²) in [6, 6.07) is 0. The molecule has 22 heavy (non-hydrogen) atoms. The second-order valence-corrected chi connectivity index (χ2v) is 6.49. The van der Waals surface area contributed by atoms with Gasteiger partial charge in [-0.3, -0.25) is 9.48 Å². The molecule has 2 aliphatic rings. The molecule has 1 aromatic rings. The average Bonchev–Trinajstić information content (AvgIpc) is 2.81. The van der Waals surface area contributed by atoms with Crippen LogP contribution in [0.1, 0.15) is 28.2 Å². The van der Waals surface area contributed by atoms with Crippen molar-refractivity contribution < 1.29 is 18.0 Å². The lowest BCUT2D eigenvalue weighted by Crippen LogP contribution is -2.38. The van der Waals surface area contributed by atoms with Crippen LogP contribution in [0.5, 0.6) is 0 Å². The largest absolute Gasteiger partial charge is 0.396 e. The third-order valence-corrected chi connectivity index (χ3v) is 5.29. The molecule has 2 heterocycles. The second-order valence-electron chi connectivity index (χ2n) is 6.49. The predicted octanol–water partition coefficient (Wildman–Crippen LogP) is 1.31. The van der Waals surface area contributed by atoms with Crippen LogP contribution >= 0.6 is 0 Å². The fraction of sp³-hybridized carbons (Fsp3) is 0.714. The first kappa shape index (κ1) is 15.3. The molecule has 8 heteroatoms. The summed E-state index contributed by atoms with van der Waals surface area (Å²) in [6.07, 6.45) is -4.15. The monoisotopic (exact) mass is 316 g/mol. The van der Waals surface area contributed by atoms with Gasteiger partial charge in [0.05, 0.1) is 16.7 Å². The van der Waals surface area contributed by atoms with E-state index in [-0.39, 0.29) is 32.0 Å². The molecule has 5 nitrogen and oxygen atoms in total. The van der Waals surface area contributed by atoms with Gasteiger partial charge < -0.3 is 10.6 Å². The first-order valence-electron chi connectivity index (χ1n) is 7.19. The maximum Gasteiger partial charge on any atom is 0.396 e. The van der Waals surface area contributed by atoms with E-state index in [1.165, 1.54) is 0 Å². The van der Waals surface area contributed by atoms with Crippen LogP contribution < -0.4 is 10.6 Å². The molecule has 1 amide bonds. The number of rotatable bonds is 3. The summed E-state index contributed by atoms with van der Waals surface area (Å²) >= 11 is 0. The molecule has 0 radical (unpaired) electrons. The predicted molar refractivity (Wildman–Crippen MR) is 73.4 cm³/mol. The van der Waals surface area contributed by atoms with Crippen LogP contribution in [0.25, 0.3) is 0 Å². The Labute approximate surface area is 126 Å². The van der Waals surface area contributed by atoms with Crippen LogP contribution in [0.4, 0.5) is 13.2 Å². The van der Waals surface area contributed by atoms with Gasteiger partial charge in [-0.1, -0.05) is 0 Å². The summed E-state index contributed by atoms with van der Waals surface area (Å²) < 4.78 is 41.3. The molecular weight excluding hydrogens is 297 g/mol. The third kappa shape index (κ3) is 1.89. The van der Waals surface area contributed by atoms with Gasteiger partial charge in [0.2, 0.25) is 0 Å². The number of piperidine rings is 1. The van der Waals surface area contributed by atoms with Gasteiger partial charge in [-0.2, -0.15) is 18.3 Å². The van der Waals surface area contributed by atoms with Crippen molar-refractivity contribution in [1.82, 2.24) is 20.4 Å². The minimum absolute atomic E-state index is 0.0338. The molecule has 2 fully saturated rings. The van der Waals surface area contributed by atoms with Crippen LogP contribution in [0.3, 0.4) is 0 Å². The van der Waals surface area contributed by atoms with Crippen LogP contribution in [0.2, 0.25) is 0 Å². The fourth-order valence-electron chi connectivity index (χ4n) is 3.77. The number of nitrogens with zero attached hydrogens (tertiary/aromatic N) is 2. The first-order valence-corrected chi connectivity index (χ1v) is 7.19. The Kier molecular flexibility index (Phi) is 3.11. The molecule has 0 aromatic carbocycles. The summed E-state index contributed by atoms with van der Waals surface area (Å²) in [6.45, 7) is 3.75. The highest BCUT2D eigenvalue weighted by Gasteiger charge is 2.81. The van der Waals surface area contributed by atoms with Gasteiger partial charge in [0.15, 0.2) is 0 Å². The lowest BCUT2D eigenvalue weighted by atomic mass is 9.95. The molecule has 3 rings (SSSR count). The molecule has 0 unspecified atom stereocenters. The van der Waals surface area contributed by atoms with E-state index >= 15 is 0 Å². The van der Waals surface area contributed by atoms with E-state index in [0.717, 1.165) is 0 Å². The van der Waals surface area contributed by atoms with E-state index in [1.54, 1.807) is 25.6 Å². The maximum absolute atomic E-state index is 13.2. The Bertz CT molecular complexity index is 639. The summed E-state index contributed by atoms with van der Waals surface area (Å²) in [4.78, 5) is 12.3. The SMILES string of the molecule is Cc1nn(C)c(C)c1C(=O)NC[C@@]12CNC[C@]1(C(F)(F)F)C2. The number of amides is 1. The van der Waals surface area contributed by atoms with Gasteiger partial charge >= 0.3 is 6.18 Å². The number of carbonyl (C=O) groups excluding carboxylic acids is 1. The summed E-state index contributed by atoms with van der Waals surface area (Å²) in [5.41, 5.74) is -0.840. The van der Waals surface area contributed by atoms with Crippen molar-refractivity contribution in [1.29, 1.82) is 0 Å². The Hall–Kier alpha value is -1.57. The number of carbonyl (C=O) groups is 1. The van der Waals surface area contributed by atoms with E-state index in [1.807, 2.05) is 0 Å². The summed E-state index contributed by atoms with van der Waals surface area (Å²) in [7, 11) is 1.73. The Morgan fingerprint density at radius 2 is 2.09 bits per heavy atom. The summed E-state index contributed by atoms with van der Waals surface area (Å²) in [5, 5.41) is 9.65. The average molecular weight is 316 g/mol. The molecule has 1 saturated heterocycles. The number of nitrogens with one attached hydrogen (secondary N) is 2. The third-order valence-electron chi connectivity index (χ3n) is 5.29. The second kappa shape index (κ2) is 4.47. The van der Waals surface area contributed by atoms with Gasteiger partial charge in [0.25, 0.3) is 5.91 Å². The molecule has 0 bridgehead atoms. The molecular formula is C14H19F3N4O. The highest BCUT2D eigenvalue weighted by molar-refractivity contribution is 5.96. The normalized spacial score (nSPS) is 30.3. The van der Waals surface area contributed by atoms with Gasteiger partial charge in [0.1, 0.15) is 0 Å². The van der Waals surface area contributed by atoms with Gasteiger partial charge in [-0.05, 0) is 20.3 Å². The lowest BCUT2D eigenvalue weighted by Gasteiger charge is -2.20. The number of fused-ring (bicyclic) bond motifs is 1. The highest BCUT2D eigenvalue weighted by atomic mass is 19.4. The van der Waals surface area contributed by atoms with Gasteiger partial charge in [-0.15, -0.1) is 0 Å². The van der Waals surface area contributed by atoms with E-state index < -0.39 is 17.0 Å². The smallest absolute Gasteiger partial charge is 0.351 e.